The molecule has 2 N–H and O–H groups in total. The number of hydrogen-bond acceptors (Lipinski definition) is 3. The van der Waals surface area contributed by atoms with Crippen molar-refractivity contribution in [1.29, 1.82) is 0 Å². The van der Waals surface area contributed by atoms with Crippen LogP contribution in [0.15, 0.2) is 6.07 Å². The van der Waals surface area contributed by atoms with Crippen LogP contribution in [-0.2, 0) is 10.2 Å². The fourth-order valence-electron chi connectivity index (χ4n) is 3.47. The molecule has 6 heteroatoms. The first-order chi connectivity index (χ1) is 9.27. The largest absolute Gasteiger partial charge is 0.384 e. The van der Waals surface area contributed by atoms with Crippen LogP contribution < -0.4 is 10.6 Å². The molecule has 1 amide bonds. The van der Waals surface area contributed by atoms with Gasteiger partial charge in [-0.2, -0.15) is 0 Å². The lowest BCUT2D eigenvalue weighted by Crippen LogP contribution is -2.44. The highest BCUT2D eigenvalue weighted by molar-refractivity contribution is 6.08. The van der Waals surface area contributed by atoms with E-state index < -0.39 is 11.3 Å². The molecular weight excluding hydrogens is 264 g/mol. The fraction of sp³-hybridized carbons (Fsp3) is 0.571. The molecule has 108 valence electrons. The van der Waals surface area contributed by atoms with Crippen molar-refractivity contribution in [3.8, 4) is 0 Å². The Hall–Kier alpha value is -1.72. The van der Waals surface area contributed by atoms with Gasteiger partial charge in [0, 0.05) is 19.9 Å². The van der Waals surface area contributed by atoms with Crippen molar-refractivity contribution in [2.75, 3.05) is 17.7 Å². The number of nitrogens with zero attached hydrogens (tertiary/aromatic N) is 2. The average Bonchev–Trinajstić information content (AvgIpc) is 2.56. The van der Waals surface area contributed by atoms with Gasteiger partial charge in [-0.05, 0) is 31.4 Å². The van der Waals surface area contributed by atoms with E-state index >= 15 is 0 Å². The minimum absolute atomic E-state index is 0.131. The number of fused-ring (bicyclic) bond motifs is 2. The highest BCUT2D eigenvalue weighted by Crippen LogP contribution is 2.52. The number of carbonyl (C=O) groups is 1. The van der Waals surface area contributed by atoms with E-state index in [0.29, 0.717) is 11.5 Å². The van der Waals surface area contributed by atoms with Crippen LogP contribution in [-0.4, -0.2) is 23.9 Å². The highest BCUT2D eigenvalue weighted by atomic mass is 19.3. The molecule has 1 aromatic rings. The normalized spacial score (nSPS) is 23.2. The summed E-state index contributed by atoms with van der Waals surface area (Å²) in [5, 5.41) is 0. The summed E-state index contributed by atoms with van der Waals surface area (Å²) in [6.45, 7) is 1.86. The van der Waals surface area contributed by atoms with Crippen molar-refractivity contribution >= 4 is 17.4 Å². The molecule has 1 aromatic heterocycles. The smallest absolute Gasteiger partial charge is 0.248 e. The Kier molecular flexibility index (Phi) is 2.59. The molecule has 20 heavy (non-hydrogen) atoms. The molecule has 3 rings (SSSR count). The van der Waals surface area contributed by atoms with Gasteiger partial charge in [-0.15, -0.1) is 0 Å². The molecule has 2 aliphatic rings. The number of amides is 1. The molecule has 1 fully saturated rings. The van der Waals surface area contributed by atoms with E-state index in [1.807, 2.05) is 6.92 Å². The predicted molar refractivity (Wildman–Crippen MR) is 71.9 cm³/mol. The maximum absolute atomic E-state index is 13.4. The molecule has 0 saturated heterocycles. The predicted octanol–water partition coefficient (Wildman–Crippen LogP) is 2.40. The first-order valence-electron chi connectivity index (χ1n) is 6.70. The van der Waals surface area contributed by atoms with Gasteiger partial charge in [0.2, 0.25) is 11.8 Å². The zero-order chi connectivity index (χ0) is 14.7. The monoisotopic (exact) mass is 281 g/mol. The van der Waals surface area contributed by atoms with Crippen LogP contribution in [0.2, 0.25) is 0 Å². The number of hydrogen-bond donors (Lipinski definition) is 1. The average molecular weight is 281 g/mol. The Morgan fingerprint density at radius 3 is 2.50 bits per heavy atom. The van der Waals surface area contributed by atoms with Crippen molar-refractivity contribution in [1.82, 2.24) is 4.98 Å². The zero-order valence-corrected chi connectivity index (χ0v) is 11.5. The van der Waals surface area contributed by atoms with Crippen molar-refractivity contribution in [3.05, 3.63) is 17.3 Å². The van der Waals surface area contributed by atoms with Gasteiger partial charge in [-0.1, -0.05) is 0 Å². The lowest BCUT2D eigenvalue weighted by molar-refractivity contribution is -0.128. The Balaban J connectivity index is 2.14. The third kappa shape index (κ3) is 1.63. The van der Waals surface area contributed by atoms with Gasteiger partial charge in [0.05, 0.1) is 16.8 Å². The summed E-state index contributed by atoms with van der Waals surface area (Å²) in [5.41, 5.74) is 7.04. The first kappa shape index (κ1) is 13.3. The number of likely N-dealkylation sites (N-methyl/N-ethyl adjacent to an activating group) is 1. The topological polar surface area (TPSA) is 59.2 Å². The van der Waals surface area contributed by atoms with Crippen molar-refractivity contribution in [3.63, 3.8) is 0 Å². The number of pyridine rings is 1. The van der Waals surface area contributed by atoms with E-state index in [2.05, 4.69) is 4.98 Å². The van der Waals surface area contributed by atoms with Crippen molar-refractivity contribution in [2.24, 2.45) is 0 Å². The SMILES string of the molecule is Cc1cc(N)nc2c1N(C)C(=O)C21CCC(F)(F)CC1. The minimum atomic E-state index is -2.68. The lowest BCUT2D eigenvalue weighted by atomic mass is 9.71. The maximum Gasteiger partial charge on any atom is 0.248 e. The summed E-state index contributed by atoms with van der Waals surface area (Å²) in [4.78, 5) is 18.5. The van der Waals surface area contributed by atoms with E-state index in [0.717, 1.165) is 11.3 Å². The van der Waals surface area contributed by atoms with Crippen molar-refractivity contribution in [2.45, 2.75) is 43.9 Å². The maximum atomic E-state index is 13.4. The van der Waals surface area contributed by atoms with Gasteiger partial charge in [-0.3, -0.25) is 4.79 Å². The summed E-state index contributed by atoms with van der Waals surface area (Å²) in [6.07, 6.45) is -0.290. The van der Waals surface area contributed by atoms with Gasteiger partial charge >= 0.3 is 0 Å². The fourth-order valence-corrected chi connectivity index (χ4v) is 3.47. The third-order valence-electron chi connectivity index (χ3n) is 4.54. The standard InChI is InChI=1S/C14H17F2N3O/c1-8-7-9(17)18-11-10(8)19(2)12(20)13(11)3-5-14(15,16)6-4-13/h7H,3-6H2,1-2H3,(H2,17,18). The van der Waals surface area contributed by atoms with Gasteiger partial charge in [0.25, 0.3) is 0 Å². The number of rotatable bonds is 0. The number of nitrogens with two attached hydrogens (primary N) is 1. The molecule has 0 atom stereocenters. The molecule has 0 bridgehead atoms. The Morgan fingerprint density at radius 1 is 1.30 bits per heavy atom. The number of carbonyl (C=O) groups excluding carboxylic acids is 1. The van der Waals surface area contributed by atoms with E-state index in [1.54, 1.807) is 18.0 Å². The second-order valence-electron chi connectivity index (χ2n) is 5.86. The van der Waals surface area contributed by atoms with E-state index in [4.69, 9.17) is 5.73 Å². The second-order valence-corrected chi connectivity index (χ2v) is 5.86. The van der Waals surface area contributed by atoms with Crippen LogP contribution in [0, 0.1) is 6.92 Å². The van der Waals surface area contributed by atoms with Crippen LogP contribution in [0.5, 0.6) is 0 Å². The van der Waals surface area contributed by atoms with Crippen LogP contribution in [0.3, 0.4) is 0 Å². The summed E-state index contributed by atoms with van der Waals surface area (Å²) < 4.78 is 26.9. The number of anilines is 2. The molecule has 0 aromatic carbocycles. The molecule has 1 aliphatic carbocycles. The molecule has 2 heterocycles. The number of aromatic nitrogens is 1. The Labute approximate surface area is 116 Å². The lowest BCUT2D eigenvalue weighted by Gasteiger charge is -2.35. The zero-order valence-electron chi connectivity index (χ0n) is 11.5. The number of alkyl halides is 2. The highest BCUT2D eigenvalue weighted by Gasteiger charge is 2.56. The summed E-state index contributed by atoms with van der Waals surface area (Å²) in [5.74, 6) is -2.48. The summed E-state index contributed by atoms with van der Waals surface area (Å²) in [7, 11) is 1.67. The molecule has 1 saturated carbocycles. The number of aryl methyl sites for hydroxylation is 1. The number of halogens is 2. The van der Waals surface area contributed by atoms with Crippen molar-refractivity contribution < 1.29 is 13.6 Å². The van der Waals surface area contributed by atoms with Crippen LogP contribution >= 0.6 is 0 Å². The van der Waals surface area contributed by atoms with Gasteiger partial charge < -0.3 is 10.6 Å². The summed E-state index contributed by atoms with van der Waals surface area (Å²) >= 11 is 0. The van der Waals surface area contributed by atoms with E-state index in [9.17, 15) is 13.6 Å². The summed E-state index contributed by atoms with van der Waals surface area (Å²) in [6, 6.07) is 1.71. The van der Waals surface area contributed by atoms with Crippen LogP contribution in [0.25, 0.3) is 0 Å². The number of nitrogen functional groups attached to an aromatic ring is 1. The van der Waals surface area contributed by atoms with Gasteiger partial charge in [-0.25, -0.2) is 13.8 Å². The molecule has 1 aliphatic heterocycles. The molecule has 4 nitrogen and oxygen atoms in total. The molecule has 0 radical (unpaired) electrons. The molecular formula is C14H17F2N3O. The third-order valence-corrected chi connectivity index (χ3v) is 4.54. The van der Waals surface area contributed by atoms with Gasteiger partial charge in [0.1, 0.15) is 5.82 Å². The Morgan fingerprint density at radius 2 is 1.90 bits per heavy atom. The molecule has 0 unspecified atom stereocenters. The van der Waals surface area contributed by atoms with Crippen LogP contribution in [0.1, 0.15) is 36.9 Å². The quantitative estimate of drug-likeness (QED) is 0.794. The van der Waals surface area contributed by atoms with E-state index in [1.165, 1.54) is 0 Å². The van der Waals surface area contributed by atoms with Gasteiger partial charge in [0.15, 0.2) is 0 Å². The second kappa shape index (κ2) is 3.90. The Bertz CT molecular complexity index is 590. The van der Waals surface area contributed by atoms with Crippen LogP contribution in [0.4, 0.5) is 20.3 Å². The molecule has 1 spiro atoms. The first-order valence-corrected chi connectivity index (χ1v) is 6.70. The minimum Gasteiger partial charge on any atom is -0.384 e. The van der Waals surface area contributed by atoms with E-state index in [-0.39, 0.29) is 31.6 Å².